The molecule has 0 rings (SSSR count). The molecule has 0 heterocycles. The zero-order valence-corrected chi connectivity index (χ0v) is 7.18. The number of nitrogens with zero attached hydrogens (tertiary/aromatic N) is 1. The smallest absolute Gasteiger partial charge is 0.182 e. The van der Waals surface area contributed by atoms with Crippen molar-refractivity contribution in [2.45, 2.75) is 33.1 Å². The van der Waals surface area contributed by atoms with Gasteiger partial charge in [-0.05, 0) is 6.42 Å². The summed E-state index contributed by atoms with van der Waals surface area (Å²) in [7, 11) is 1.67. The minimum atomic E-state index is 0.869. The second-order valence-electron chi connectivity index (χ2n) is 2.19. The normalized spacial score (nSPS) is 11.7. The summed E-state index contributed by atoms with van der Waals surface area (Å²) in [6, 6.07) is 0. The highest BCUT2D eigenvalue weighted by atomic mass is 16.5. The summed E-state index contributed by atoms with van der Waals surface area (Å²) in [6.45, 7) is 5.12. The van der Waals surface area contributed by atoms with Crippen molar-refractivity contribution < 1.29 is 4.74 Å². The first-order valence-electron chi connectivity index (χ1n) is 3.92. The van der Waals surface area contributed by atoms with E-state index in [0.717, 1.165) is 25.3 Å². The lowest BCUT2D eigenvalue weighted by Crippen LogP contribution is -1.99. The molecule has 0 aliphatic rings. The molecule has 60 valence electrons. The van der Waals surface area contributed by atoms with Gasteiger partial charge in [0.05, 0.1) is 7.11 Å². The predicted octanol–water partition coefficient (Wildman–Crippen LogP) is 2.24. The maximum absolute atomic E-state index is 5.00. The number of aliphatic imine (C=N–C) groups is 1. The Morgan fingerprint density at radius 3 is 2.50 bits per heavy atom. The monoisotopic (exact) mass is 143 g/mol. The van der Waals surface area contributed by atoms with E-state index in [1.165, 1.54) is 6.42 Å². The van der Waals surface area contributed by atoms with Gasteiger partial charge in [0.25, 0.3) is 0 Å². The fraction of sp³-hybridized carbons (Fsp3) is 0.875. The largest absolute Gasteiger partial charge is 0.484 e. The van der Waals surface area contributed by atoms with Crippen molar-refractivity contribution in [3.05, 3.63) is 0 Å². The third-order valence-corrected chi connectivity index (χ3v) is 1.34. The molecule has 10 heavy (non-hydrogen) atoms. The van der Waals surface area contributed by atoms with Crippen molar-refractivity contribution in [2.75, 3.05) is 13.7 Å². The average molecular weight is 143 g/mol. The number of rotatable bonds is 4. The van der Waals surface area contributed by atoms with Gasteiger partial charge < -0.3 is 4.74 Å². The van der Waals surface area contributed by atoms with Crippen molar-refractivity contribution in [1.82, 2.24) is 0 Å². The quantitative estimate of drug-likeness (QED) is 0.336. The van der Waals surface area contributed by atoms with Crippen LogP contribution in [-0.4, -0.2) is 19.6 Å². The zero-order chi connectivity index (χ0) is 7.82. The van der Waals surface area contributed by atoms with Gasteiger partial charge in [0.2, 0.25) is 0 Å². The highest BCUT2D eigenvalue weighted by Gasteiger charge is 1.90. The van der Waals surface area contributed by atoms with Gasteiger partial charge in [-0.25, -0.2) is 0 Å². The lowest BCUT2D eigenvalue weighted by molar-refractivity contribution is 0.389. The highest BCUT2D eigenvalue weighted by molar-refractivity contribution is 5.75. The summed E-state index contributed by atoms with van der Waals surface area (Å²) < 4.78 is 5.00. The minimum Gasteiger partial charge on any atom is -0.484 e. The highest BCUT2D eigenvalue weighted by Crippen LogP contribution is 1.91. The first-order chi connectivity index (χ1) is 4.85. The van der Waals surface area contributed by atoms with Gasteiger partial charge in [0, 0.05) is 13.0 Å². The van der Waals surface area contributed by atoms with Crippen LogP contribution < -0.4 is 0 Å². The molecule has 0 fully saturated rings. The zero-order valence-electron chi connectivity index (χ0n) is 7.18. The van der Waals surface area contributed by atoms with E-state index in [-0.39, 0.29) is 0 Å². The van der Waals surface area contributed by atoms with Gasteiger partial charge in [0.1, 0.15) is 0 Å². The third-order valence-electron chi connectivity index (χ3n) is 1.34. The molecule has 0 N–H and O–H groups in total. The van der Waals surface area contributed by atoms with Gasteiger partial charge in [-0.15, -0.1) is 0 Å². The lowest BCUT2D eigenvalue weighted by Gasteiger charge is -1.99. The molecule has 0 atom stereocenters. The van der Waals surface area contributed by atoms with Crippen LogP contribution in [-0.2, 0) is 4.74 Å². The molecule has 0 saturated heterocycles. The van der Waals surface area contributed by atoms with E-state index in [2.05, 4.69) is 11.9 Å². The Morgan fingerprint density at radius 1 is 1.40 bits per heavy atom. The van der Waals surface area contributed by atoms with Crippen molar-refractivity contribution in [3.63, 3.8) is 0 Å². The van der Waals surface area contributed by atoms with E-state index in [4.69, 9.17) is 4.74 Å². The van der Waals surface area contributed by atoms with Crippen molar-refractivity contribution >= 4 is 5.90 Å². The maximum Gasteiger partial charge on any atom is 0.182 e. The Labute approximate surface area is 63.3 Å². The van der Waals surface area contributed by atoms with Gasteiger partial charge >= 0.3 is 0 Å². The molecular formula is C8H17NO. The van der Waals surface area contributed by atoms with Gasteiger partial charge in [-0.1, -0.05) is 20.3 Å². The van der Waals surface area contributed by atoms with Crippen molar-refractivity contribution in [1.29, 1.82) is 0 Å². The molecule has 0 aliphatic heterocycles. The van der Waals surface area contributed by atoms with E-state index in [0.29, 0.717) is 0 Å². The molecule has 0 saturated carbocycles. The fourth-order valence-corrected chi connectivity index (χ4v) is 0.683. The van der Waals surface area contributed by atoms with E-state index >= 15 is 0 Å². The Balaban J connectivity index is 3.43. The fourth-order valence-electron chi connectivity index (χ4n) is 0.683. The maximum atomic E-state index is 5.00. The molecule has 2 nitrogen and oxygen atoms in total. The molecule has 0 aromatic carbocycles. The molecule has 0 amide bonds. The predicted molar refractivity (Wildman–Crippen MR) is 44.5 cm³/mol. The Hall–Kier alpha value is -0.530. The van der Waals surface area contributed by atoms with E-state index < -0.39 is 0 Å². The summed E-state index contributed by atoms with van der Waals surface area (Å²) in [5.74, 6) is 0.869. The first-order valence-corrected chi connectivity index (χ1v) is 3.92. The molecule has 0 aliphatic carbocycles. The summed E-state index contributed by atoms with van der Waals surface area (Å²) in [5.41, 5.74) is 0. The van der Waals surface area contributed by atoms with Crippen LogP contribution in [0.2, 0.25) is 0 Å². The molecule has 0 aromatic heterocycles. The number of methoxy groups -OCH3 is 1. The summed E-state index contributed by atoms with van der Waals surface area (Å²) in [5, 5.41) is 0. The molecule has 0 aromatic rings. The van der Waals surface area contributed by atoms with Crippen LogP contribution in [0.5, 0.6) is 0 Å². The number of ether oxygens (including phenoxy) is 1. The number of hydrogen-bond donors (Lipinski definition) is 0. The molecule has 0 bridgehead atoms. The number of hydrogen-bond acceptors (Lipinski definition) is 2. The Morgan fingerprint density at radius 2 is 2.10 bits per heavy atom. The summed E-state index contributed by atoms with van der Waals surface area (Å²) in [4.78, 5) is 4.24. The third kappa shape index (κ3) is 4.36. The van der Waals surface area contributed by atoms with Gasteiger partial charge in [-0.3, -0.25) is 4.99 Å². The second-order valence-corrected chi connectivity index (χ2v) is 2.19. The summed E-state index contributed by atoms with van der Waals surface area (Å²) >= 11 is 0. The SMILES string of the molecule is CCCCN=C(CC)OC. The topological polar surface area (TPSA) is 21.6 Å². The lowest BCUT2D eigenvalue weighted by atomic mass is 10.3. The second kappa shape index (κ2) is 6.59. The van der Waals surface area contributed by atoms with Crippen LogP contribution in [0, 0.1) is 0 Å². The van der Waals surface area contributed by atoms with Crippen LogP contribution in [0.15, 0.2) is 4.99 Å². The summed E-state index contributed by atoms with van der Waals surface area (Å²) in [6.07, 6.45) is 3.26. The molecule has 0 spiro atoms. The van der Waals surface area contributed by atoms with E-state index in [1.54, 1.807) is 7.11 Å². The Bertz CT molecular complexity index is 93.4. The van der Waals surface area contributed by atoms with Gasteiger partial charge in [-0.2, -0.15) is 0 Å². The molecule has 0 radical (unpaired) electrons. The van der Waals surface area contributed by atoms with Crippen molar-refractivity contribution in [2.24, 2.45) is 4.99 Å². The van der Waals surface area contributed by atoms with Crippen LogP contribution in [0.4, 0.5) is 0 Å². The average Bonchev–Trinajstić information content (AvgIpc) is 1.99. The van der Waals surface area contributed by atoms with Crippen LogP contribution in [0.1, 0.15) is 33.1 Å². The Kier molecular flexibility index (Phi) is 6.24. The number of unbranched alkanes of at least 4 members (excludes halogenated alkanes) is 1. The molecular weight excluding hydrogens is 126 g/mol. The van der Waals surface area contributed by atoms with Gasteiger partial charge in [0.15, 0.2) is 5.90 Å². The first kappa shape index (κ1) is 9.47. The van der Waals surface area contributed by atoms with Crippen LogP contribution in [0.25, 0.3) is 0 Å². The van der Waals surface area contributed by atoms with Crippen molar-refractivity contribution in [3.8, 4) is 0 Å². The van der Waals surface area contributed by atoms with E-state index in [1.807, 2.05) is 6.92 Å². The minimum absolute atomic E-state index is 0.869. The van der Waals surface area contributed by atoms with E-state index in [9.17, 15) is 0 Å². The van der Waals surface area contributed by atoms with Crippen LogP contribution in [0.3, 0.4) is 0 Å². The molecule has 2 heteroatoms. The molecule has 0 unspecified atom stereocenters. The van der Waals surface area contributed by atoms with Crippen LogP contribution >= 0.6 is 0 Å². The standard InChI is InChI=1S/C8H17NO/c1-4-6-7-9-8(5-2)10-3/h4-7H2,1-3H3.